The second-order valence-electron chi connectivity index (χ2n) is 5.50. The van der Waals surface area contributed by atoms with E-state index in [2.05, 4.69) is 24.0 Å². The van der Waals surface area contributed by atoms with Gasteiger partial charge in [-0.05, 0) is 25.7 Å². The normalized spacial score (nSPS) is 24.0. The Hall–Kier alpha value is -1.32. The SMILES string of the molecule is Cc1nn(C)c(N(C)C2CCCCC2C)c1C=O. The van der Waals surface area contributed by atoms with Crippen molar-refractivity contribution in [3.8, 4) is 0 Å². The number of hydrogen-bond acceptors (Lipinski definition) is 3. The fourth-order valence-electron chi connectivity index (χ4n) is 3.25. The van der Waals surface area contributed by atoms with Crippen LogP contribution in [-0.4, -0.2) is 29.2 Å². The second kappa shape index (κ2) is 5.12. The van der Waals surface area contributed by atoms with Gasteiger partial charge in [-0.1, -0.05) is 19.8 Å². The summed E-state index contributed by atoms with van der Waals surface area (Å²) in [5.74, 6) is 1.64. The third-order valence-electron chi connectivity index (χ3n) is 4.25. The Balaban J connectivity index is 2.32. The van der Waals surface area contributed by atoms with Crippen LogP contribution in [0.15, 0.2) is 0 Å². The molecular formula is C14H23N3O. The molecule has 1 saturated carbocycles. The van der Waals surface area contributed by atoms with Gasteiger partial charge in [-0.25, -0.2) is 0 Å². The quantitative estimate of drug-likeness (QED) is 0.773. The van der Waals surface area contributed by atoms with Crippen LogP contribution in [0.5, 0.6) is 0 Å². The molecule has 0 bridgehead atoms. The van der Waals surface area contributed by atoms with E-state index in [1.54, 1.807) is 0 Å². The van der Waals surface area contributed by atoms with Crippen molar-refractivity contribution in [3.63, 3.8) is 0 Å². The first-order valence-corrected chi connectivity index (χ1v) is 6.78. The van der Waals surface area contributed by atoms with E-state index in [4.69, 9.17) is 0 Å². The smallest absolute Gasteiger partial charge is 0.155 e. The lowest BCUT2D eigenvalue weighted by Crippen LogP contribution is -2.40. The van der Waals surface area contributed by atoms with Gasteiger partial charge in [0.05, 0.1) is 11.3 Å². The zero-order chi connectivity index (χ0) is 13.3. The Labute approximate surface area is 109 Å². The molecule has 1 fully saturated rings. The molecule has 0 amide bonds. The molecular weight excluding hydrogens is 226 g/mol. The van der Waals surface area contributed by atoms with Gasteiger partial charge in [0.2, 0.25) is 0 Å². The molecule has 0 aromatic carbocycles. The van der Waals surface area contributed by atoms with E-state index in [-0.39, 0.29) is 0 Å². The van der Waals surface area contributed by atoms with Gasteiger partial charge in [-0.3, -0.25) is 9.48 Å². The van der Waals surface area contributed by atoms with E-state index in [0.29, 0.717) is 12.0 Å². The Bertz CT molecular complexity index is 438. The van der Waals surface area contributed by atoms with E-state index in [1.165, 1.54) is 25.7 Å². The van der Waals surface area contributed by atoms with Gasteiger partial charge in [-0.2, -0.15) is 5.10 Å². The minimum atomic E-state index is 0.521. The van der Waals surface area contributed by atoms with Crippen molar-refractivity contribution in [1.82, 2.24) is 9.78 Å². The van der Waals surface area contributed by atoms with Crippen LogP contribution >= 0.6 is 0 Å². The molecule has 2 atom stereocenters. The fourth-order valence-corrected chi connectivity index (χ4v) is 3.25. The van der Waals surface area contributed by atoms with Gasteiger partial charge in [0.1, 0.15) is 5.82 Å². The fraction of sp³-hybridized carbons (Fsp3) is 0.714. The van der Waals surface area contributed by atoms with E-state index in [9.17, 15) is 4.79 Å². The molecule has 2 unspecified atom stereocenters. The summed E-state index contributed by atoms with van der Waals surface area (Å²) < 4.78 is 1.83. The maximum Gasteiger partial charge on any atom is 0.155 e. The standard InChI is InChI=1S/C14H23N3O/c1-10-7-5-6-8-13(10)16(3)14-12(9-18)11(2)15-17(14)4/h9-10,13H,5-8H2,1-4H3. The molecule has 4 nitrogen and oxygen atoms in total. The maximum atomic E-state index is 11.3. The van der Waals surface area contributed by atoms with Gasteiger partial charge in [0.25, 0.3) is 0 Å². The van der Waals surface area contributed by atoms with Crippen LogP contribution in [0.3, 0.4) is 0 Å². The molecule has 2 rings (SSSR count). The molecule has 1 aromatic heterocycles. The highest BCUT2D eigenvalue weighted by Gasteiger charge is 2.28. The predicted molar refractivity (Wildman–Crippen MR) is 73.2 cm³/mol. The molecule has 1 aliphatic rings. The number of carbonyl (C=O) groups is 1. The highest BCUT2D eigenvalue weighted by Crippen LogP contribution is 2.32. The maximum absolute atomic E-state index is 11.3. The molecule has 0 aliphatic heterocycles. The average molecular weight is 249 g/mol. The van der Waals surface area contributed by atoms with Crippen molar-refractivity contribution in [2.24, 2.45) is 13.0 Å². The van der Waals surface area contributed by atoms with Crippen molar-refractivity contribution in [3.05, 3.63) is 11.3 Å². The lowest BCUT2D eigenvalue weighted by Gasteiger charge is -2.37. The van der Waals surface area contributed by atoms with Gasteiger partial charge < -0.3 is 4.90 Å². The molecule has 0 N–H and O–H groups in total. The lowest BCUT2D eigenvalue weighted by atomic mass is 9.85. The second-order valence-corrected chi connectivity index (χ2v) is 5.50. The number of carbonyl (C=O) groups excluding carboxylic acids is 1. The van der Waals surface area contributed by atoms with E-state index in [0.717, 1.165) is 23.4 Å². The first-order valence-electron chi connectivity index (χ1n) is 6.78. The summed E-state index contributed by atoms with van der Waals surface area (Å²) >= 11 is 0. The van der Waals surface area contributed by atoms with Crippen molar-refractivity contribution >= 4 is 12.1 Å². The van der Waals surface area contributed by atoms with Crippen LogP contribution in [0, 0.1) is 12.8 Å². The minimum Gasteiger partial charge on any atom is -0.356 e. The first-order chi connectivity index (χ1) is 8.56. The number of nitrogens with zero attached hydrogens (tertiary/aromatic N) is 3. The Morgan fingerprint density at radius 2 is 2.06 bits per heavy atom. The predicted octanol–water partition coefficient (Wildman–Crippen LogP) is 2.56. The number of hydrogen-bond donors (Lipinski definition) is 0. The minimum absolute atomic E-state index is 0.521. The molecule has 0 spiro atoms. The van der Waals surface area contributed by atoms with E-state index < -0.39 is 0 Å². The van der Waals surface area contributed by atoms with Gasteiger partial charge in [0.15, 0.2) is 6.29 Å². The first kappa shape index (κ1) is 13.1. The summed E-state index contributed by atoms with van der Waals surface area (Å²) in [5, 5.41) is 4.37. The van der Waals surface area contributed by atoms with Crippen molar-refractivity contribution in [2.75, 3.05) is 11.9 Å². The summed E-state index contributed by atoms with van der Waals surface area (Å²) in [6, 6.07) is 0.521. The van der Waals surface area contributed by atoms with Gasteiger partial charge in [-0.15, -0.1) is 0 Å². The zero-order valence-electron chi connectivity index (χ0n) is 11.8. The van der Waals surface area contributed by atoms with Crippen molar-refractivity contribution in [1.29, 1.82) is 0 Å². The number of aldehydes is 1. The van der Waals surface area contributed by atoms with Crippen LogP contribution in [0.1, 0.15) is 48.7 Å². The summed E-state index contributed by atoms with van der Waals surface area (Å²) in [4.78, 5) is 13.5. The van der Waals surface area contributed by atoms with Crippen LogP contribution in [0.4, 0.5) is 5.82 Å². The molecule has 1 aliphatic carbocycles. The number of anilines is 1. The topological polar surface area (TPSA) is 38.1 Å². The Morgan fingerprint density at radius 3 is 2.67 bits per heavy atom. The lowest BCUT2D eigenvalue weighted by molar-refractivity contribution is 0.112. The molecule has 1 heterocycles. The number of aryl methyl sites for hydroxylation is 2. The van der Waals surface area contributed by atoms with Gasteiger partial charge in [0, 0.05) is 20.1 Å². The van der Waals surface area contributed by atoms with Crippen LogP contribution < -0.4 is 4.90 Å². The summed E-state index contributed by atoms with van der Waals surface area (Å²) in [6.07, 6.45) is 6.03. The highest BCUT2D eigenvalue weighted by atomic mass is 16.1. The van der Waals surface area contributed by atoms with Crippen molar-refractivity contribution in [2.45, 2.75) is 45.6 Å². The number of aromatic nitrogens is 2. The average Bonchev–Trinajstić information content (AvgIpc) is 2.63. The molecule has 1 aromatic rings. The monoisotopic (exact) mass is 249 g/mol. The zero-order valence-corrected chi connectivity index (χ0v) is 11.8. The Morgan fingerprint density at radius 1 is 1.39 bits per heavy atom. The molecule has 0 saturated heterocycles. The van der Waals surface area contributed by atoms with Gasteiger partial charge >= 0.3 is 0 Å². The molecule has 18 heavy (non-hydrogen) atoms. The van der Waals surface area contributed by atoms with E-state index >= 15 is 0 Å². The van der Waals surface area contributed by atoms with Crippen LogP contribution in [-0.2, 0) is 7.05 Å². The van der Waals surface area contributed by atoms with Crippen LogP contribution in [0.2, 0.25) is 0 Å². The van der Waals surface area contributed by atoms with Crippen molar-refractivity contribution < 1.29 is 4.79 Å². The largest absolute Gasteiger partial charge is 0.356 e. The summed E-state index contributed by atoms with van der Waals surface area (Å²) in [7, 11) is 4.01. The Kier molecular flexibility index (Phi) is 3.73. The van der Waals surface area contributed by atoms with Crippen LogP contribution in [0.25, 0.3) is 0 Å². The molecule has 0 radical (unpaired) electrons. The highest BCUT2D eigenvalue weighted by molar-refractivity contribution is 5.84. The summed E-state index contributed by atoms with van der Waals surface area (Å²) in [6.45, 7) is 4.20. The molecule has 100 valence electrons. The molecule has 4 heteroatoms. The third kappa shape index (κ3) is 2.16. The van der Waals surface area contributed by atoms with E-state index in [1.807, 2.05) is 18.7 Å². The number of rotatable bonds is 3. The third-order valence-corrected chi connectivity index (χ3v) is 4.25. The summed E-state index contributed by atoms with van der Waals surface area (Å²) in [5.41, 5.74) is 1.55.